The van der Waals surface area contributed by atoms with Gasteiger partial charge in [-0.3, -0.25) is 14.5 Å². The van der Waals surface area contributed by atoms with Gasteiger partial charge in [-0.25, -0.2) is 9.78 Å². The molecule has 204 valence electrons. The van der Waals surface area contributed by atoms with Gasteiger partial charge in [-0.1, -0.05) is 56.4 Å². The van der Waals surface area contributed by atoms with Crippen LogP contribution in [0.5, 0.6) is 5.75 Å². The molecule has 1 aliphatic heterocycles. The van der Waals surface area contributed by atoms with Crippen LogP contribution in [0.2, 0.25) is 0 Å². The number of aromatic nitrogens is 1. The van der Waals surface area contributed by atoms with Crippen LogP contribution in [0.3, 0.4) is 0 Å². The van der Waals surface area contributed by atoms with E-state index in [0.717, 1.165) is 22.5 Å². The number of aliphatic hydroxyl groups excluding tert-OH is 1. The van der Waals surface area contributed by atoms with Crippen molar-refractivity contribution in [1.29, 1.82) is 0 Å². The molecule has 1 saturated heterocycles. The third kappa shape index (κ3) is 5.18. The zero-order valence-electron chi connectivity index (χ0n) is 23.1. The lowest BCUT2D eigenvalue weighted by atomic mass is 9.85. The number of thiazole rings is 1. The highest BCUT2D eigenvalue weighted by Gasteiger charge is 2.48. The number of aliphatic hydroxyl groups is 1. The number of hydrogen-bond donors (Lipinski definition) is 1. The predicted molar refractivity (Wildman–Crippen MR) is 150 cm³/mol. The number of hydrogen-bond acceptors (Lipinski definition) is 8. The zero-order valence-corrected chi connectivity index (χ0v) is 23.9. The van der Waals surface area contributed by atoms with E-state index in [1.165, 1.54) is 12.0 Å². The minimum absolute atomic E-state index is 0.0560. The number of anilines is 1. The van der Waals surface area contributed by atoms with Crippen LogP contribution in [-0.2, 0) is 19.7 Å². The highest BCUT2D eigenvalue weighted by atomic mass is 32.1. The van der Waals surface area contributed by atoms with Gasteiger partial charge in [0.2, 0.25) is 0 Å². The quantitative estimate of drug-likeness (QED) is 0.178. The molecule has 0 aliphatic carbocycles. The first kappa shape index (κ1) is 28.0. The number of methoxy groups -OCH3 is 1. The average molecular weight is 549 g/mol. The number of ketones is 1. The topological polar surface area (TPSA) is 106 Å². The van der Waals surface area contributed by atoms with Crippen molar-refractivity contribution >= 4 is 39.9 Å². The van der Waals surface area contributed by atoms with E-state index in [1.807, 2.05) is 38.1 Å². The van der Waals surface area contributed by atoms with Crippen molar-refractivity contribution in [3.63, 3.8) is 0 Å². The molecule has 1 atom stereocenters. The lowest BCUT2D eigenvalue weighted by Crippen LogP contribution is -2.29. The standard InChI is InChI=1S/C30H32N2O6S/c1-8-38-21-14-11-19(15-16(21)2)24(33)22-23(18-9-12-20(13-10-18)30(4,5)6)32(27(35)25(22)34)29-31-17(3)26(39-29)28(36)37-7/h9-15,23,33H,8H2,1-7H3/t23-/m1/s1. The summed E-state index contributed by atoms with van der Waals surface area (Å²) in [6.45, 7) is 12.1. The number of carbonyl (C=O) groups is 3. The van der Waals surface area contributed by atoms with Crippen molar-refractivity contribution in [2.75, 3.05) is 18.6 Å². The molecule has 8 nitrogen and oxygen atoms in total. The highest BCUT2D eigenvalue weighted by Crippen LogP contribution is 2.44. The molecule has 0 spiro atoms. The number of amides is 1. The zero-order chi connectivity index (χ0) is 28.6. The lowest BCUT2D eigenvalue weighted by Gasteiger charge is -2.25. The van der Waals surface area contributed by atoms with Crippen molar-refractivity contribution in [2.45, 2.75) is 53.0 Å². The Labute approximate surface area is 231 Å². The van der Waals surface area contributed by atoms with E-state index in [0.29, 0.717) is 29.2 Å². The number of rotatable bonds is 6. The van der Waals surface area contributed by atoms with E-state index in [1.54, 1.807) is 25.1 Å². The Balaban J connectivity index is 1.92. The maximum atomic E-state index is 13.5. The van der Waals surface area contributed by atoms with Crippen LogP contribution in [0.1, 0.15) is 71.4 Å². The van der Waals surface area contributed by atoms with Gasteiger partial charge in [0.1, 0.15) is 16.4 Å². The number of aryl methyl sites for hydroxylation is 2. The summed E-state index contributed by atoms with van der Waals surface area (Å²) < 4.78 is 10.5. The Morgan fingerprint density at radius 3 is 2.33 bits per heavy atom. The highest BCUT2D eigenvalue weighted by molar-refractivity contribution is 7.17. The second-order valence-corrected chi connectivity index (χ2v) is 11.3. The van der Waals surface area contributed by atoms with E-state index in [9.17, 15) is 19.5 Å². The second kappa shape index (κ2) is 10.6. The molecule has 0 unspecified atom stereocenters. The Morgan fingerprint density at radius 1 is 1.10 bits per heavy atom. The Kier molecular flexibility index (Phi) is 7.66. The minimum atomic E-state index is -0.957. The molecule has 2 aromatic carbocycles. The fourth-order valence-electron chi connectivity index (χ4n) is 4.55. The smallest absolute Gasteiger partial charge is 0.350 e. The summed E-state index contributed by atoms with van der Waals surface area (Å²) in [4.78, 5) is 45.2. The van der Waals surface area contributed by atoms with Crippen molar-refractivity contribution in [3.8, 4) is 5.75 Å². The molecule has 2 heterocycles. The first-order chi connectivity index (χ1) is 18.4. The molecule has 39 heavy (non-hydrogen) atoms. The molecular formula is C30H32N2O6S. The van der Waals surface area contributed by atoms with Crippen LogP contribution in [-0.4, -0.2) is 41.5 Å². The summed E-state index contributed by atoms with van der Waals surface area (Å²) in [5.41, 5.74) is 3.08. The van der Waals surface area contributed by atoms with Gasteiger partial charge in [0, 0.05) is 5.56 Å². The van der Waals surface area contributed by atoms with Crippen molar-refractivity contribution in [2.24, 2.45) is 0 Å². The van der Waals surface area contributed by atoms with Crippen molar-refractivity contribution < 1.29 is 29.0 Å². The normalized spacial score (nSPS) is 17.0. The fraction of sp³-hybridized carbons (Fsp3) is 0.333. The van der Waals surface area contributed by atoms with Gasteiger partial charge in [0.25, 0.3) is 5.78 Å². The largest absolute Gasteiger partial charge is 0.507 e. The van der Waals surface area contributed by atoms with Gasteiger partial charge in [-0.05, 0) is 61.1 Å². The Morgan fingerprint density at radius 2 is 1.77 bits per heavy atom. The summed E-state index contributed by atoms with van der Waals surface area (Å²) in [5.74, 6) is -1.89. The molecule has 1 fully saturated rings. The molecule has 9 heteroatoms. The summed E-state index contributed by atoms with van der Waals surface area (Å²) in [7, 11) is 1.27. The predicted octanol–water partition coefficient (Wildman–Crippen LogP) is 5.87. The Hall–Kier alpha value is -3.98. The van der Waals surface area contributed by atoms with E-state index >= 15 is 0 Å². The third-order valence-electron chi connectivity index (χ3n) is 6.65. The van der Waals surface area contributed by atoms with Gasteiger partial charge in [0.05, 0.1) is 31.0 Å². The van der Waals surface area contributed by atoms with E-state index in [-0.39, 0.29) is 26.8 Å². The monoisotopic (exact) mass is 548 g/mol. The number of benzene rings is 2. The van der Waals surface area contributed by atoms with E-state index in [4.69, 9.17) is 9.47 Å². The average Bonchev–Trinajstić information content (AvgIpc) is 3.40. The maximum absolute atomic E-state index is 13.5. The van der Waals surface area contributed by atoms with Crippen LogP contribution in [0.4, 0.5) is 5.13 Å². The summed E-state index contributed by atoms with van der Waals surface area (Å²) in [5, 5.41) is 11.6. The lowest BCUT2D eigenvalue weighted by molar-refractivity contribution is -0.132. The molecule has 1 N–H and O–H groups in total. The van der Waals surface area contributed by atoms with Gasteiger partial charge in [-0.15, -0.1) is 0 Å². The minimum Gasteiger partial charge on any atom is -0.507 e. The summed E-state index contributed by atoms with van der Waals surface area (Å²) in [6, 6.07) is 11.7. The van der Waals surface area contributed by atoms with Crippen molar-refractivity contribution in [3.05, 3.63) is 80.9 Å². The molecule has 0 bridgehead atoms. The molecule has 3 aromatic rings. The van der Waals surface area contributed by atoms with Crippen molar-refractivity contribution in [1.82, 2.24) is 4.98 Å². The third-order valence-corrected chi connectivity index (χ3v) is 7.78. The maximum Gasteiger partial charge on any atom is 0.350 e. The number of nitrogens with zero attached hydrogens (tertiary/aromatic N) is 2. The molecule has 0 radical (unpaired) electrons. The number of Topliss-reactive ketones (excluding diaryl/α,β-unsaturated/α-hetero) is 1. The summed E-state index contributed by atoms with van der Waals surface area (Å²) >= 11 is 0.967. The van der Waals surface area contributed by atoms with Gasteiger partial charge >= 0.3 is 11.9 Å². The van der Waals surface area contributed by atoms with Crippen LogP contribution < -0.4 is 9.64 Å². The van der Waals surface area contributed by atoms with Gasteiger partial charge in [-0.2, -0.15) is 0 Å². The van der Waals surface area contributed by atoms with Crippen LogP contribution in [0.15, 0.2) is 48.0 Å². The number of carbonyl (C=O) groups excluding carboxylic acids is 3. The number of esters is 1. The second-order valence-electron chi connectivity index (χ2n) is 10.4. The van der Waals surface area contributed by atoms with Gasteiger partial charge in [0.15, 0.2) is 5.13 Å². The number of ether oxygens (including phenoxy) is 2. The Bertz CT molecular complexity index is 1480. The van der Waals surface area contributed by atoms with E-state index in [2.05, 4.69) is 25.8 Å². The summed E-state index contributed by atoms with van der Waals surface area (Å²) in [6.07, 6.45) is 0. The van der Waals surface area contributed by atoms with Crippen LogP contribution in [0, 0.1) is 13.8 Å². The SMILES string of the molecule is CCOc1ccc(C(O)=C2C(=O)C(=O)N(c3nc(C)c(C(=O)OC)s3)[C@@H]2c2ccc(C(C)(C)C)cc2)cc1C. The first-order valence-electron chi connectivity index (χ1n) is 12.6. The van der Waals surface area contributed by atoms with Gasteiger partial charge < -0.3 is 14.6 Å². The first-order valence-corrected chi connectivity index (χ1v) is 13.4. The molecule has 4 rings (SSSR count). The molecule has 1 aliphatic rings. The molecule has 1 aromatic heterocycles. The fourth-order valence-corrected chi connectivity index (χ4v) is 5.56. The molecule has 0 saturated carbocycles. The van der Waals surface area contributed by atoms with Crippen LogP contribution >= 0.6 is 11.3 Å². The van der Waals surface area contributed by atoms with Crippen LogP contribution in [0.25, 0.3) is 5.76 Å². The molecule has 1 amide bonds. The van der Waals surface area contributed by atoms with E-state index < -0.39 is 23.7 Å². The molecular weight excluding hydrogens is 516 g/mol.